The zero-order valence-corrected chi connectivity index (χ0v) is 12.3. The van der Waals surface area contributed by atoms with Crippen LogP contribution < -0.4 is 10.6 Å². The predicted molar refractivity (Wildman–Crippen MR) is 81.3 cm³/mol. The molecule has 2 aromatic rings. The van der Waals surface area contributed by atoms with Gasteiger partial charge in [-0.15, -0.1) is 0 Å². The Hall–Kier alpha value is -2.47. The highest BCUT2D eigenvalue weighted by Gasteiger charge is 2.05. The van der Waals surface area contributed by atoms with Gasteiger partial charge in [0.1, 0.15) is 12.1 Å². The molecule has 6 heteroatoms. The van der Waals surface area contributed by atoms with Crippen LogP contribution in [0.25, 0.3) is 0 Å². The van der Waals surface area contributed by atoms with Gasteiger partial charge in [0, 0.05) is 18.9 Å². The summed E-state index contributed by atoms with van der Waals surface area (Å²) in [5.41, 5.74) is 3.63. The first-order valence-electron chi connectivity index (χ1n) is 6.53. The number of amides is 2. The van der Waals surface area contributed by atoms with E-state index in [9.17, 15) is 4.79 Å². The van der Waals surface area contributed by atoms with Crippen LogP contribution in [0.3, 0.4) is 0 Å². The molecule has 0 aliphatic carbocycles. The lowest BCUT2D eigenvalue weighted by atomic mass is 10.1. The van der Waals surface area contributed by atoms with Gasteiger partial charge in [-0.05, 0) is 37.1 Å². The first-order valence-corrected chi connectivity index (χ1v) is 6.53. The number of aromatic nitrogens is 2. The van der Waals surface area contributed by atoms with Gasteiger partial charge in [0.2, 0.25) is 0 Å². The predicted octanol–water partition coefficient (Wildman–Crippen LogP) is 2.88. The second-order valence-corrected chi connectivity index (χ2v) is 4.78. The van der Waals surface area contributed by atoms with Gasteiger partial charge in [0.15, 0.2) is 0 Å². The number of nitrogens with one attached hydrogen (secondary N) is 2. The number of nitrogens with zero attached hydrogens (tertiary/aromatic N) is 2. The Morgan fingerprint density at radius 1 is 1.10 bits per heavy atom. The van der Waals surface area contributed by atoms with E-state index in [-0.39, 0.29) is 6.03 Å². The molecule has 110 valence electrons. The van der Waals surface area contributed by atoms with E-state index in [0.717, 1.165) is 16.8 Å². The molecule has 0 radical (unpaired) electrons. The number of carbonyl (C=O) groups excluding carboxylic acids is 1. The van der Waals surface area contributed by atoms with E-state index in [2.05, 4.69) is 20.6 Å². The zero-order valence-electron chi connectivity index (χ0n) is 12.3. The molecule has 1 heterocycles. The molecule has 0 aliphatic rings. The molecule has 2 amide bonds. The van der Waals surface area contributed by atoms with Crippen molar-refractivity contribution in [3.8, 4) is 0 Å². The number of ether oxygens (including phenoxy) is 1. The minimum atomic E-state index is -0.345. The van der Waals surface area contributed by atoms with Crippen molar-refractivity contribution in [2.24, 2.45) is 0 Å². The van der Waals surface area contributed by atoms with Crippen LogP contribution in [0.15, 0.2) is 30.6 Å². The lowest BCUT2D eigenvalue weighted by Gasteiger charge is -2.09. The molecule has 0 bridgehead atoms. The van der Waals surface area contributed by atoms with Gasteiger partial charge in [-0.25, -0.2) is 14.8 Å². The lowest BCUT2D eigenvalue weighted by molar-refractivity contribution is 0.181. The third kappa shape index (κ3) is 4.54. The highest BCUT2D eigenvalue weighted by Crippen LogP contribution is 2.14. The Balaban J connectivity index is 2.02. The zero-order chi connectivity index (χ0) is 15.2. The minimum Gasteiger partial charge on any atom is -0.378 e. The fraction of sp³-hybridized carbons (Fsp3) is 0.267. The van der Waals surface area contributed by atoms with Crippen LogP contribution in [0.1, 0.15) is 16.8 Å². The summed E-state index contributed by atoms with van der Waals surface area (Å²) in [5.74, 6) is 0.430. The Morgan fingerprint density at radius 2 is 1.81 bits per heavy atom. The van der Waals surface area contributed by atoms with E-state index in [1.54, 1.807) is 13.2 Å². The maximum Gasteiger partial charge on any atom is 0.324 e. The molecule has 0 atom stereocenters. The highest BCUT2D eigenvalue weighted by atomic mass is 16.5. The summed E-state index contributed by atoms with van der Waals surface area (Å²) in [6, 6.07) is 7.18. The molecule has 0 aliphatic heterocycles. The minimum absolute atomic E-state index is 0.345. The van der Waals surface area contributed by atoms with Crippen molar-refractivity contribution in [3.63, 3.8) is 0 Å². The summed E-state index contributed by atoms with van der Waals surface area (Å²) >= 11 is 0. The normalized spacial score (nSPS) is 10.2. The molecule has 0 spiro atoms. The summed E-state index contributed by atoms with van der Waals surface area (Å²) in [6.07, 6.45) is 1.39. The number of anilines is 2. The molecule has 0 saturated heterocycles. The fourth-order valence-corrected chi connectivity index (χ4v) is 2.02. The number of urea groups is 1. The average molecular weight is 286 g/mol. The van der Waals surface area contributed by atoms with Gasteiger partial charge in [0.25, 0.3) is 0 Å². The summed E-state index contributed by atoms with van der Waals surface area (Å²) < 4.78 is 4.99. The van der Waals surface area contributed by atoms with E-state index in [1.165, 1.54) is 6.33 Å². The summed E-state index contributed by atoms with van der Waals surface area (Å²) in [7, 11) is 1.59. The number of hydrogen-bond acceptors (Lipinski definition) is 4. The number of hydrogen-bond donors (Lipinski definition) is 2. The SMILES string of the molecule is COCc1cc(NC(=O)Nc2cc(C)cc(C)c2)ncn1. The van der Waals surface area contributed by atoms with Crippen molar-refractivity contribution < 1.29 is 9.53 Å². The topological polar surface area (TPSA) is 76.1 Å². The Labute approximate surface area is 123 Å². The van der Waals surface area contributed by atoms with Crippen LogP contribution in [-0.4, -0.2) is 23.1 Å². The van der Waals surface area contributed by atoms with Crippen molar-refractivity contribution in [2.45, 2.75) is 20.5 Å². The van der Waals surface area contributed by atoms with E-state index < -0.39 is 0 Å². The second-order valence-electron chi connectivity index (χ2n) is 4.78. The van der Waals surface area contributed by atoms with E-state index in [1.807, 2.05) is 32.0 Å². The van der Waals surface area contributed by atoms with Crippen LogP contribution in [0.5, 0.6) is 0 Å². The van der Waals surface area contributed by atoms with Gasteiger partial charge in [-0.2, -0.15) is 0 Å². The van der Waals surface area contributed by atoms with Crippen molar-refractivity contribution in [3.05, 3.63) is 47.4 Å². The monoisotopic (exact) mass is 286 g/mol. The van der Waals surface area contributed by atoms with E-state index in [4.69, 9.17) is 4.74 Å². The average Bonchev–Trinajstić information content (AvgIpc) is 2.37. The number of benzene rings is 1. The van der Waals surface area contributed by atoms with Crippen LogP contribution in [0.2, 0.25) is 0 Å². The molecule has 2 N–H and O–H groups in total. The highest BCUT2D eigenvalue weighted by molar-refractivity contribution is 5.99. The summed E-state index contributed by atoms with van der Waals surface area (Å²) in [4.78, 5) is 20.0. The van der Waals surface area contributed by atoms with Crippen molar-refractivity contribution in [1.29, 1.82) is 0 Å². The summed E-state index contributed by atoms with van der Waals surface area (Å²) in [5, 5.41) is 5.45. The number of methoxy groups -OCH3 is 1. The van der Waals surface area contributed by atoms with Gasteiger partial charge in [-0.1, -0.05) is 6.07 Å². The molecule has 0 fully saturated rings. The molecule has 1 aromatic carbocycles. The number of rotatable bonds is 4. The molecule has 2 rings (SSSR count). The largest absolute Gasteiger partial charge is 0.378 e. The molecular weight excluding hydrogens is 268 g/mol. The molecule has 0 saturated carbocycles. The summed E-state index contributed by atoms with van der Waals surface area (Å²) in [6.45, 7) is 4.34. The standard InChI is InChI=1S/C15H18N4O2/c1-10-4-11(2)6-12(5-10)18-15(20)19-14-7-13(8-21-3)16-9-17-14/h4-7,9H,8H2,1-3H3,(H2,16,17,18,19,20). The van der Waals surface area contributed by atoms with Gasteiger partial charge < -0.3 is 10.1 Å². The first-order chi connectivity index (χ1) is 10.1. The van der Waals surface area contributed by atoms with E-state index in [0.29, 0.717) is 18.1 Å². The molecular formula is C15H18N4O2. The Bertz CT molecular complexity index is 623. The van der Waals surface area contributed by atoms with Crippen LogP contribution in [0.4, 0.5) is 16.3 Å². The molecule has 0 unspecified atom stereocenters. The van der Waals surface area contributed by atoms with Crippen LogP contribution in [-0.2, 0) is 11.3 Å². The molecule has 1 aromatic heterocycles. The van der Waals surface area contributed by atoms with Crippen LogP contribution in [0, 0.1) is 13.8 Å². The Morgan fingerprint density at radius 3 is 2.48 bits per heavy atom. The van der Waals surface area contributed by atoms with E-state index >= 15 is 0 Å². The number of aryl methyl sites for hydroxylation is 2. The maximum absolute atomic E-state index is 12.0. The third-order valence-corrected chi connectivity index (χ3v) is 2.74. The quantitative estimate of drug-likeness (QED) is 0.906. The Kier molecular flexibility index (Phi) is 4.84. The second kappa shape index (κ2) is 6.81. The first kappa shape index (κ1) is 14.9. The van der Waals surface area contributed by atoms with Crippen molar-refractivity contribution in [1.82, 2.24) is 9.97 Å². The van der Waals surface area contributed by atoms with Crippen molar-refractivity contribution >= 4 is 17.5 Å². The lowest BCUT2D eigenvalue weighted by Crippen LogP contribution is -2.20. The van der Waals surface area contributed by atoms with Gasteiger partial charge in [-0.3, -0.25) is 5.32 Å². The van der Waals surface area contributed by atoms with Crippen LogP contribution >= 0.6 is 0 Å². The fourth-order valence-electron chi connectivity index (χ4n) is 2.02. The number of carbonyl (C=O) groups is 1. The third-order valence-electron chi connectivity index (χ3n) is 2.74. The molecule has 21 heavy (non-hydrogen) atoms. The van der Waals surface area contributed by atoms with Crippen molar-refractivity contribution in [2.75, 3.05) is 17.7 Å². The molecule has 6 nitrogen and oxygen atoms in total. The smallest absolute Gasteiger partial charge is 0.324 e. The maximum atomic E-state index is 12.0. The van der Waals surface area contributed by atoms with Gasteiger partial charge in [0.05, 0.1) is 12.3 Å². The van der Waals surface area contributed by atoms with Gasteiger partial charge >= 0.3 is 6.03 Å².